The van der Waals surface area contributed by atoms with Gasteiger partial charge in [-0.3, -0.25) is 14.3 Å². The molecule has 2 aromatic carbocycles. The van der Waals surface area contributed by atoms with Crippen LogP contribution in [0.4, 0.5) is 5.69 Å². The standard InChI is InChI=1S/C21H17N3O3/c1-23(16-7-3-2-4-8-16)20(25)14-24-18-13-15(17-9-5-6-12-22-17)10-11-19(18)27-21(24)26/h2-13H,14H2,1H3. The Hall–Kier alpha value is -3.67. The Morgan fingerprint density at radius 3 is 2.59 bits per heavy atom. The van der Waals surface area contributed by atoms with Gasteiger partial charge in [-0.1, -0.05) is 24.3 Å². The third-order valence-electron chi connectivity index (χ3n) is 4.44. The zero-order valence-electron chi connectivity index (χ0n) is 14.7. The van der Waals surface area contributed by atoms with Crippen LogP contribution in [-0.4, -0.2) is 22.5 Å². The van der Waals surface area contributed by atoms with Crippen LogP contribution in [0, 0.1) is 0 Å². The van der Waals surface area contributed by atoms with Crippen LogP contribution in [0.25, 0.3) is 22.4 Å². The predicted octanol–water partition coefficient (Wildman–Crippen LogP) is 3.32. The summed E-state index contributed by atoms with van der Waals surface area (Å²) in [5.74, 6) is -0.771. The lowest BCUT2D eigenvalue weighted by atomic mass is 10.1. The lowest BCUT2D eigenvalue weighted by Crippen LogP contribution is -2.32. The SMILES string of the molecule is CN(C(=O)Cn1c(=O)oc2ccc(-c3ccccn3)cc21)c1ccccc1. The van der Waals surface area contributed by atoms with Crippen molar-refractivity contribution in [3.05, 3.63) is 83.5 Å². The molecule has 0 bridgehead atoms. The summed E-state index contributed by atoms with van der Waals surface area (Å²) in [6.45, 7) is -0.108. The fourth-order valence-electron chi connectivity index (χ4n) is 2.94. The topological polar surface area (TPSA) is 68.3 Å². The number of rotatable bonds is 4. The third-order valence-corrected chi connectivity index (χ3v) is 4.44. The number of para-hydroxylation sites is 1. The highest BCUT2D eigenvalue weighted by Gasteiger charge is 2.17. The number of aromatic nitrogens is 2. The smallest absolute Gasteiger partial charge is 0.408 e. The van der Waals surface area contributed by atoms with Crippen molar-refractivity contribution in [2.45, 2.75) is 6.54 Å². The normalized spacial score (nSPS) is 10.9. The van der Waals surface area contributed by atoms with Gasteiger partial charge in [-0.25, -0.2) is 4.79 Å². The van der Waals surface area contributed by atoms with Gasteiger partial charge in [0.05, 0.1) is 11.2 Å². The van der Waals surface area contributed by atoms with Crippen LogP contribution in [0.1, 0.15) is 0 Å². The van der Waals surface area contributed by atoms with Crippen LogP contribution >= 0.6 is 0 Å². The van der Waals surface area contributed by atoms with E-state index in [1.165, 1.54) is 9.47 Å². The van der Waals surface area contributed by atoms with Gasteiger partial charge in [0, 0.05) is 24.5 Å². The van der Waals surface area contributed by atoms with Gasteiger partial charge in [-0.05, 0) is 42.5 Å². The average Bonchev–Trinajstić information content (AvgIpc) is 3.03. The van der Waals surface area contributed by atoms with Crippen LogP contribution in [-0.2, 0) is 11.3 Å². The van der Waals surface area contributed by atoms with Gasteiger partial charge in [-0.15, -0.1) is 0 Å². The molecule has 0 N–H and O–H groups in total. The van der Waals surface area contributed by atoms with Crippen molar-refractivity contribution in [1.29, 1.82) is 0 Å². The molecule has 0 unspecified atom stereocenters. The van der Waals surface area contributed by atoms with Gasteiger partial charge in [-0.2, -0.15) is 0 Å². The maximum atomic E-state index is 12.7. The Balaban J connectivity index is 1.70. The Bertz CT molecular complexity index is 1150. The Morgan fingerprint density at radius 1 is 1.07 bits per heavy atom. The minimum Gasteiger partial charge on any atom is -0.408 e. The van der Waals surface area contributed by atoms with Crippen molar-refractivity contribution in [3.63, 3.8) is 0 Å². The van der Waals surface area contributed by atoms with Crippen molar-refractivity contribution in [2.24, 2.45) is 0 Å². The molecule has 4 aromatic rings. The highest BCUT2D eigenvalue weighted by molar-refractivity contribution is 5.93. The zero-order valence-corrected chi connectivity index (χ0v) is 14.7. The number of fused-ring (bicyclic) bond motifs is 1. The molecule has 0 aliphatic heterocycles. The average molecular weight is 359 g/mol. The Kier molecular flexibility index (Phi) is 4.30. The first-order valence-corrected chi connectivity index (χ1v) is 8.50. The van der Waals surface area contributed by atoms with E-state index >= 15 is 0 Å². The Morgan fingerprint density at radius 2 is 1.85 bits per heavy atom. The molecule has 0 aliphatic carbocycles. The van der Waals surface area contributed by atoms with Crippen molar-refractivity contribution in [1.82, 2.24) is 9.55 Å². The third kappa shape index (κ3) is 3.25. The van der Waals surface area contributed by atoms with E-state index in [1.807, 2.05) is 60.7 Å². The van der Waals surface area contributed by atoms with Crippen LogP contribution in [0.2, 0.25) is 0 Å². The summed E-state index contributed by atoms with van der Waals surface area (Å²) in [7, 11) is 1.68. The van der Waals surface area contributed by atoms with Crippen LogP contribution in [0.5, 0.6) is 0 Å². The lowest BCUT2D eigenvalue weighted by molar-refractivity contribution is -0.118. The van der Waals surface area contributed by atoms with Crippen molar-refractivity contribution < 1.29 is 9.21 Å². The second-order valence-corrected chi connectivity index (χ2v) is 6.14. The van der Waals surface area contributed by atoms with E-state index in [9.17, 15) is 9.59 Å². The quantitative estimate of drug-likeness (QED) is 0.561. The number of carbonyl (C=O) groups is 1. The molecule has 0 atom stereocenters. The van der Waals surface area contributed by atoms with Crippen molar-refractivity contribution in [3.8, 4) is 11.3 Å². The van der Waals surface area contributed by atoms with Crippen LogP contribution in [0.15, 0.2) is 82.1 Å². The van der Waals surface area contributed by atoms with Gasteiger partial charge < -0.3 is 9.32 Å². The van der Waals surface area contributed by atoms with Gasteiger partial charge in [0.25, 0.3) is 0 Å². The first kappa shape index (κ1) is 16.8. The summed E-state index contributed by atoms with van der Waals surface area (Å²) >= 11 is 0. The van der Waals surface area contributed by atoms with Crippen molar-refractivity contribution in [2.75, 3.05) is 11.9 Å². The second kappa shape index (κ2) is 6.92. The van der Waals surface area contributed by atoms with E-state index in [-0.39, 0.29) is 12.5 Å². The van der Waals surface area contributed by atoms with E-state index in [1.54, 1.807) is 19.3 Å². The molecule has 134 valence electrons. The molecule has 1 amide bonds. The highest BCUT2D eigenvalue weighted by atomic mass is 16.4. The summed E-state index contributed by atoms with van der Waals surface area (Å²) in [5, 5.41) is 0. The van der Waals surface area contributed by atoms with Gasteiger partial charge in [0.1, 0.15) is 6.54 Å². The molecule has 4 rings (SSSR count). The minimum absolute atomic E-state index is 0.108. The monoisotopic (exact) mass is 359 g/mol. The zero-order chi connectivity index (χ0) is 18.8. The summed E-state index contributed by atoms with van der Waals surface area (Å²) in [6.07, 6.45) is 1.71. The van der Waals surface area contributed by atoms with E-state index in [0.29, 0.717) is 11.1 Å². The first-order valence-electron chi connectivity index (χ1n) is 8.50. The lowest BCUT2D eigenvalue weighted by Gasteiger charge is -2.17. The number of anilines is 1. The predicted molar refractivity (Wildman–Crippen MR) is 104 cm³/mol. The fourth-order valence-corrected chi connectivity index (χ4v) is 2.94. The molecule has 0 aliphatic rings. The fraction of sp³-hybridized carbons (Fsp3) is 0.0952. The van der Waals surface area contributed by atoms with Crippen LogP contribution in [0.3, 0.4) is 0 Å². The number of benzene rings is 2. The summed E-state index contributed by atoms with van der Waals surface area (Å²) in [6, 6.07) is 20.3. The molecule has 0 radical (unpaired) electrons. The maximum Gasteiger partial charge on any atom is 0.420 e. The van der Waals surface area contributed by atoms with Gasteiger partial charge in [0.2, 0.25) is 5.91 Å². The number of nitrogens with zero attached hydrogens (tertiary/aromatic N) is 3. The maximum absolute atomic E-state index is 12.7. The molecular formula is C21H17N3O3. The molecule has 0 saturated carbocycles. The first-order chi connectivity index (χ1) is 13.1. The summed E-state index contributed by atoms with van der Waals surface area (Å²) < 4.78 is 6.64. The van der Waals surface area contributed by atoms with Gasteiger partial charge in [0.15, 0.2) is 5.58 Å². The number of likely N-dealkylation sites (N-methyl/N-ethyl adjacent to an activating group) is 1. The molecule has 2 heterocycles. The second-order valence-electron chi connectivity index (χ2n) is 6.14. The van der Waals surface area contributed by atoms with Crippen LogP contribution < -0.4 is 10.7 Å². The number of hydrogen-bond donors (Lipinski definition) is 0. The molecule has 0 saturated heterocycles. The molecule has 6 nitrogen and oxygen atoms in total. The van der Waals surface area contributed by atoms with E-state index in [2.05, 4.69) is 4.98 Å². The summed E-state index contributed by atoms with van der Waals surface area (Å²) in [4.78, 5) is 30.8. The molecule has 0 fully saturated rings. The molecular weight excluding hydrogens is 342 g/mol. The number of carbonyl (C=O) groups excluding carboxylic acids is 1. The minimum atomic E-state index is -0.557. The number of oxazole rings is 1. The molecule has 6 heteroatoms. The van der Waals surface area contributed by atoms with E-state index < -0.39 is 5.76 Å². The van der Waals surface area contributed by atoms with Crippen molar-refractivity contribution >= 4 is 22.7 Å². The largest absolute Gasteiger partial charge is 0.420 e. The number of amides is 1. The molecule has 2 aromatic heterocycles. The number of hydrogen-bond acceptors (Lipinski definition) is 4. The summed E-state index contributed by atoms with van der Waals surface area (Å²) in [5.41, 5.74) is 3.40. The molecule has 0 spiro atoms. The van der Waals surface area contributed by atoms with E-state index in [4.69, 9.17) is 4.42 Å². The molecule has 27 heavy (non-hydrogen) atoms. The highest BCUT2D eigenvalue weighted by Crippen LogP contribution is 2.22. The van der Waals surface area contributed by atoms with E-state index in [0.717, 1.165) is 16.9 Å². The Labute approximate surface area is 155 Å². The van der Waals surface area contributed by atoms with Gasteiger partial charge >= 0.3 is 5.76 Å². The number of pyridine rings is 1.